The van der Waals surface area contributed by atoms with Gasteiger partial charge in [0, 0.05) is 47.0 Å². The van der Waals surface area contributed by atoms with Gasteiger partial charge in [-0.3, -0.25) is 14.9 Å². The predicted molar refractivity (Wildman–Crippen MR) is 149 cm³/mol. The van der Waals surface area contributed by atoms with Crippen molar-refractivity contribution in [2.24, 2.45) is 0 Å². The van der Waals surface area contributed by atoms with Crippen molar-refractivity contribution in [3.63, 3.8) is 0 Å². The van der Waals surface area contributed by atoms with Crippen molar-refractivity contribution in [1.29, 1.82) is 0 Å². The Balaban J connectivity index is 1.32. The fraction of sp³-hybridized carbons (Fsp3) is 0.333. The lowest BCUT2D eigenvalue weighted by Gasteiger charge is -2.38. The molecule has 7 rings (SSSR count). The van der Waals surface area contributed by atoms with Crippen LogP contribution in [0.5, 0.6) is 0 Å². The maximum Gasteiger partial charge on any atom is 0.291 e. The molecule has 0 radical (unpaired) electrons. The van der Waals surface area contributed by atoms with E-state index in [1.807, 2.05) is 29.2 Å². The van der Waals surface area contributed by atoms with Crippen LogP contribution in [0.3, 0.4) is 0 Å². The Morgan fingerprint density at radius 3 is 2.61 bits per heavy atom. The number of nitrogen functional groups attached to an aromatic ring is 1. The number of nitrogens with one attached hydrogen (secondary N) is 1. The molecule has 14 heteroatoms. The Kier molecular flexibility index (Phi) is 5.80. The van der Waals surface area contributed by atoms with E-state index >= 15 is 0 Å². The number of pyridine rings is 1. The first-order chi connectivity index (χ1) is 19.7. The average Bonchev–Trinajstić information content (AvgIpc) is 3.70. The molecular weight excluding hydrogens is 546 g/mol. The number of hydrogen-bond donors (Lipinski definition) is 3. The first-order valence-electron chi connectivity index (χ1n) is 13.3. The Hall–Kier alpha value is -4.43. The zero-order chi connectivity index (χ0) is 28.5. The summed E-state index contributed by atoms with van der Waals surface area (Å²) in [5, 5.41) is 21.2. The third-order valence-electron chi connectivity index (χ3n) is 8.25. The van der Waals surface area contributed by atoms with E-state index in [0.717, 1.165) is 41.1 Å². The molecule has 3 atom stereocenters. The van der Waals surface area contributed by atoms with Gasteiger partial charge in [0.05, 0.1) is 24.0 Å². The van der Waals surface area contributed by atoms with Crippen molar-refractivity contribution in [3.8, 4) is 11.1 Å². The Morgan fingerprint density at radius 2 is 1.93 bits per heavy atom. The number of aromatic nitrogens is 7. The van der Waals surface area contributed by atoms with Crippen molar-refractivity contribution < 1.29 is 18.3 Å². The highest BCUT2D eigenvalue weighted by Crippen LogP contribution is 2.45. The predicted octanol–water partition coefficient (Wildman–Crippen LogP) is 2.09. The van der Waals surface area contributed by atoms with Crippen molar-refractivity contribution in [2.45, 2.75) is 55.2 Å². The third-order valence-corrected chi connectivity index (χ3v) is 9.41. The number of benzene rings is 1. The standard InChI is InChI=1S/C27H27N9O4S/c1-41(39,40)23-22(16-8-18-4-5-19(9-16)35(18)27(38)25-30-13-31-34-25)33-26-20(11-32-36(26)24(23)28)17-7-15-3-2-14(12-37)6-21(15)29-10-17/h2-3,6-7,10-11,13,16,18-19,37H,4-5,8-9,12,28H2,1H3,(H,30,31,34)/t16?,18-,19+. The highest BCUT2D eigenvalue weighted by atomic mass is 32.2. The summed E-state index contributed by atoms with van der Waals surface area (Å²) in [7, 11) is -3.76. The van der Waals surface area contributed by atoms with Crippen LogP contribution in [0, 0.1) is 0 Å². The number of carbonyl (C=O) groups is 1. The summed E-state index contributed by atoms with van der Waals surface area (Å²) in [5.41, 5.74) is 10.3. The number of nitrogens with zero attached hydrogens (tertiary/aromatic N) is 7. The highest BCUT2D eigenvalue weighted by Gasteiger charge is 2.46. The average molecular weight is 574 g/mol. The second kappa shape index (κ2) is 9.31. The molecule has 0 aliphatic carbocycles. The number of hydrogen-bond acceptors (Lipinski definition) is 10. The molecule has 1 amide bonds. The summed E-state index contributed by atoms with van der Waals surface area (Å²) in [6, 6.07) is 7.35. The van der Waals surface area contributed by atoms with Gasteiger partial charge in [0.15, 0.2) is 15.5 Å². The second-order valence-corrected chi connectivity index (χ2v) is 12.7. The summed E-state index contributed by atoms with van der Waals surface area (Å²) >= 11 is 0. The maximum atomic E-state index is 13.1. The maximum absolute atomic E-state index is 13.1. The lowest BCUT2D eigenvalue weighted by Crippen LogP contribution is -2.46. The summed E-state index contributed by atoms with van der Waals surface area (Å²) in [6.07, 6.45) is 8.48. The van der Waals surface area contributed by atoms with Crippen LogP contribution in [0.25, 0.3) is 27.7 Å². The molecule has 0 spiro atoms. The first kappa shape index (κ1) is 25.5. The number of H-pyrrole nitrogens is 1. The van der Waals surface area contributed by atoms with E-state index in [0.29, 0.717) is 29.7 Å². The van der Waals surface area contributed by atoms with Gasteiger partial charge in [-0.1, -0.05) is 12.1 Å². The Labute approximate surface area is 234 Å². The molecule has 2 aliphatic heterocycles. The topological polar surface area (TPSA) is 185 Å². The monoisotopic (exact) mass is 573 g/mol. The van der Waals surface area contributed by atoms with Crippen molar-refractivity contribution in [2.75, 3.05) is 12.0 Å². The van der Waals surface area contributed by atoms with Gasteiger partial charge < -0.3 is 15.7 Å². The second-order valence-electron chi connectivity index (χ2n) is 10.8. The molecule has 4 aromatic heterocycles. The Morgan fingerprint density at radius 1 is 1.15 bits per heavy atom. The zero-order valence-electron chi connectivity index (χ0n) is 22.1. The number of anilines is 1. The van der Waals surface area contributed by atoms with Gasteiger partial charge >= 0.3 is 0 Å². The molecule has 2 aliphatic rings. The Bertz CT molecular complexity index is 1920. The van der Waals surface area contributed by atoms with Crippen molar-refractivity contribution in [3.05, 3.63) is 60.1 Å². The van der Waals surface area contributed by atoms with E-state index in [1.165, 1.54) is 10.8 Å². The van der Waals surface area contributed by atoms with Gasteiger partial charge in [-0.2, -0.15) is 14.7 Å². The molecule has 1 aromatic carbocycles. The van der Waals surface area contributed by atoms with Gasteiger partial charge in [-0.25, -0.2) is 18.4 Å². The molecule has 5 aromatic rings. The van der Waals surface area contributed by atoms with Crippen LogP contribution in [-0.4, -0.2) is 77.4 Å². The zero-order valence-corrected chi connectivity index (χ0v) is 22.9. The third kappa shape index (κ3) is 4.13. The van der Waals surface area contributed by atoms with E-state index < -0.39 is 9.84 Å². The lowest BCUT2D eigenvalue weighted by molar-refractivity contribution is 0.0556. The largest absolute Gasteiger partial charge is 0.392 e. The molecule has 1 unspecified atom stereocenters. The summed E-state index contributed by atoms with van der Waals surface area (Å²) < 4.78 is 27.5. The minimum atomic E-state index is -3.76. The van der Waals surface area contributed by atoms with E-state index in [1.54, 1.807) is 12.4 Å². The van der Waals surface area contributed by atoms with Crippen LogP contribution in [0.1, 0.15) is 53.5 Å². The lowest BCUT2D eigenvalue weighted by atomic mass is 9.87. The van der Waals surface area contributed by atoms with Crippen molar-refractivity contribution >= 4 is 38.1 Å². The van der Waals surface area contributed by atoms with Gasteiger partial charge in [0.1, 0.15) is 17.0 Å². The van der Waals surface area contributed by atoms with E-state index in [4.69, 9.17) is 10.7 Å². The normalized spacial score (nSPS) is 20.7. The van der Waals surface area contributed by atoms with Crippen LogP contribution >= 0.6 is 0 Å². The van der Waals surface area contributed by atoms with Gasteiger partial charge in [-0.15, -0.1) is 0 Å². The number of aromatic amines is 1. The summed E-state index contributed by atoms with van der Waals surface area (Å²) in [6.45, 7) is -0.0725. The van der Waals surface area contributed by atoms with E-state index in [9.17, 15) is 18.3 Å². The molecule has 2 bridgehead atoms. The molecule has 4 N–H and O–H groups in total. The minimum Gasteiger partial charge on any atom is -0.392 e. The van der Waals surface area contributed by atoms with Gasteiger partial charge in [0.25, 0.3) is 5.91 Å². The number of rotatable bonds is 5. The molecular formula is C27H27N9O4S. The number of aliphatic hydroxyl groups is 1. The number of nitrogens with two attached hydrogens (primary N) is 1. The van der Waals surface area contributed by atoms with Crippen LogP contribution < -0.4 is 5.73 Å². The number of carbonyl (C=O) groups excluding carboxylic acids is 1. The van der Waals surface area contributed by atoms with Crippen LogP contribution in [0.15, 0.2) is 47.9 Å². The molecule has 2 fully saturated rings. The number of piperidine rings is 1. The molecule has 13 nitrogen and oxygen atoms in total. The molecule has 2 saturated heterocycles. The first-order valence-corrected chi connectivity index (χ1v) is 15.2. The molecule has 6 heterocycles. The van der Waals surface area contributed by atoms with Crippen LogP contribution in [-0.2, 0) is 16.4 Å². The quantitative estimate of drug-likeness (QED) is 0.281. The number of sulfone groups is 1. The number of aliphatic hydroxyl groups excluding tert-OH is 1. The number of amides is 1. The molecule has 41 heavy (non-hydrogen) atoms. The fourth-order valence-electron chi connectivity index (χ4n) is 6.45. The van der Waals surface area contributed by atoms with E-state index in [2.05, 4.69) is 25.3 Å². The van der Waals surface area contributed by atoms with Crippen molar-refractivity contribution in [1.82, 2.24) is 39.7 Å². The number of fused-ring (bicyclic) bond motifs is 4. The SMILES string of the molecule is CS(=O)(=O)c1c(C2C[C@H]3CC[C@@H](C2)N3C(=O)c2ncn[nH]2)nc2c(-c3cnc4cc(CO)ccc4c3)cnn2c1N. The fourth-order valence-corrected chi connectivity index (χ4v) is 7.51. The highest BCUT2D eigenvalue weighted by molar-refractivity contribution is 7.91. The van der Waals surface area contributed by atoms with Crippen LogP contribution in [0.2, 0.25) is 0 Å². The van der Waals surface area contributed by atoms with Gasteiger partial charge in [-0.05, 0) is 43.4 Å². The smallest absolute Gasteiger partial charge is 0.291 e. The van der Waals surface area contributed by atoms with Crippen LogP contribution in [0.4, 0.5) is 5.82 Å². The van der Waals surface area contributed by atoms with Gasteiger partial charge in [0.2, 0.25) is 5.82 Å². The summed E-state index contributed by atoms with van der Waals surface area (Å²) in [5.74, 6) is -0.223. The molecule has 210 valence electrons. The minimum absolute atomic E-state index is 0.00704. The van der Waals surface area contributed by atoms with E-state index in [-0.39, 0.29) is 47.1 Å². The summed E-state index contributed by atoms with van der Waals surface area (Å²) in [4.78, 5) is 28.5. The molecule has 0 saturated carbocycles.